The Bertz CT molecular complexity index is 1400. The van der Waals surface area contributed by atoms with Gasteiger partial charge in [-0.1, -0.05) is 24.3 Å². The standard InChI is InChI=1S/C24H22F3N7O2/c25-24(26,27)22-30-17-3-1-2-4-19(17)34(22)20-13-18(31-23(32-20)33-9-11-36-12-10-33)15-5-7-16(8-6-15)29-21(35)14-28/h1-8,13H,9-12,14,28H2,(H,29,35). The zero-order valence-corrected chi connectivity index (χ0v) is 19.0. The van der Waals surface area contributed by atoms with Gasteiger partial charge in [-0.15, -0.1) is 0 Å². The highest BCUT2D eigenvalue weighted by Gasteiger charge is 2.38. The van der Waals surface area contributed by atoms with Gasteiger partial charge >= 0.3 is 6.18 Å². The number of halogens is 3. The van der Waals surface area contributed by atoms with Gasteiger partial charge in [-0.2, -0.15) is 18.2 Å². The molecule has 186 valence electrons. The Morgan fingerprint density at radius 3 is 2.44 bits per heavy atom. The molecule has 3 heterocycles. The number of ether oxygens (including phenoxy) is 1. The summed E-state index contributed by atoms with van der Waals surface area (Å²) in [7, 11) is 0. The number of hydrogen-bond acceptors (Lipinski definition) is 7. The molecular weight excluding hydrogens is 475 g/mol. The molecular formula is C24H22F3N7O2. The number of anilines is 2. The maximum absolute atomic E-state index is 14.0. The average Bonchev–Trinajstić information content (AvgIpc) is 3.30. The van der Waals surface area contributed by atoms with Crippen LogP contribution >= 0.6 is 0 Å². The number of rotatable bonds is 5. The largest absolute Gasteiger partial charge is 0.450 e. The van der Waals surface area contributed by atoms with Crippen molar-refractivity contribution in [1.82, 2.24) is 19.5 Å². The molecule has 3 N–H and O–H groups in total. The quantitative estimate of drug-likeness (QED) is 0.436. The Hall–Kier alpha value is -4.03. The molecule has 12 heteroatoms. The number of hydrogen-bond donors (Lipinski definition) is 2. The van der Waals surface area contributed by atoms with Crippen molar-refractivity contribution in [2.45, 2.75) is 6.18 Å². The van der Waals surface area contributed by atoms with E-state index in [0.717, 1.165) is 4.57 Å². The fourth-order valence-electron chi connectivity index (χ4n) is 3.97. The lowest BCUT2D eigenvalue weighted by atomic mass is 10.1. The van der Waals surface area contributed by atoms with Gasteiger partial charge in [-0.05, 0) is 24.3 Å². The minimum Gasteiger partial charge on any atom is -0.378 e. The van der Waals surface area contributed by atoms with Crippen molar-refractivity contribution in [3.05, 3.63) is 60.4 Å². The van der Waals surface area contributed by atoms with Crippen LogP contribution in [-0.2, 0) is 15.7 Å². The number of morpholine rings is 1. The van der Waals surface area contributed by atoms with Crippen molar-refractivity contribution in [3.8, 4) is 17.1 Å². The summed E-state index contributed by atoms with van der Waals surface area (Å²) in [6.45, 7) is 1.77. The minimum atomic E-state index is -4.70. The highest BCUT2D eigenvalue weighted by atomic mass is 19.4. The molecule has 36 heavy (non-hydrogen) atoms. The van der Waals surface area contributed by atoms with Crippen molar-refractivity contribution in [2.24, 2.45) is 5.73 Å². The summed E-state index contributed by atoms with van der Waals surface area (Å²) < 4.78 is 48.5. The lowest BCUT2D eigenvalue weighted by molar-refractivity contribution is -0.145. The number of nitrogens with one attached hydrogen (secondary N) is 1. The maximum atomic E-state index is 14.0. The Balaban J connectivity index is 1.66. The Labute approximate surface area is 203 Å². The highest BCUT2D eigenvalue weighted by molar-refractivity contribution is 5.92. The van der Waals surface area contributed by atoms with Gasteiger partial charge in [-0.3, -0.25) is 9.36 Å². The number of carbonyl (C=O) groups is 1. The third-order valence-corrected chi connectivity index (χ3v) is 5.69. The van der Waals surface area contributed by atoms with E-state index >= 15 is 0 Å². The minimum absolute atomic E-state index is 0.0445. The molecule has 2 aromatic heterocycles. The van der Waals surface area contributed by atoms with E-state index in [1.807, 2.05) is 4.90 Å². The summed E-state index contributed by atoms with van der Waals surface area (Å²) >= 11 is 0. The maximum Gasteiger partial charge on any atom is 0.450 e. The second-order valence-corrected chi connectivity index (χ2v) is 8.10. The number of fused-ring (bicyclic) bond motifs is 1. The molecule has 0 radical (unpaired) electrons. The molecule has 1 fully saturated rings. The number of carbonyl (C=O) groups excluding carboxylic acids is 1. The van der Waals surface area contributed by atoms with Crippen LogP contribution in [0.4, 0.5) is 24.8 Å². The van der Waals surface area contributed by atoms with Crippen molar-refractivity contribution in [3.63, 3.8) is 0 Å². The molecule has 5 rings (SSSR count). The lowest BCUT2D eigenvalue weighted by Crippen LogP contribution is -2.37. The third-order valence-electron chi connectivity index (χ3n) is 5.69. The zero-order valence-electron chi connectivity index (χ0n) is 19.0. The van der Waals surface area contributed by atoms with Gasteiger partial charge in [0.1, 0.15) is 5.82 Å². The van der Waals surface area contributed by atoms with Gasteiger partial charge in [0.15, 0.2) is 0 Å². The first-order valence-corrected chi connectivity index (χ1v) is 11.2. The first kappa shape index (κ1) is 23.7. The summed E-state index contributed by atoms with van der Waals surface area (Å²) in [4.78, 5) is 26.5. The molecule has 0 spiro atoms. The van der Waals surface area contributed by atoms with Crippen LogP contribution < -0.4 is 16.0 Å². The molecule has 1 aliphatic rings. The highest BCUT2D eigenvalue weighted by Crippen LogP contribution is 2.34. The molecule has 0 atom stereocenters. The number of alkyl halides is 3. The van der Waals surface area contributed by atoms with Crippen LogP contribution in [-0.4, -0.2) is 58.3 Å². The van der Waals surface area contributed by atoms with E-state index in [-0.39, 0.29) is 35.3 Å². The Morgan fingerprint density at radius 2 is 1.75 bits per heavy atom. The Kier molecular flexibility index (Phi) is 6.29. The van der Waals surface area contributed by atoms with Gasteiger partial charge in [0, 0.05) is 30.4 Å². The molecule has 1 aliphatic heterocycles. The van der Waals surface area contributed by atoms with E-state index in [1.165, 1.54) is 12.1 Å². The van der Waals surface area contributed by atoms with E-state index < -0.39 is 12.0 Å². The predicted molar refractivity (Wildman–Crippen MR) is 128 cm³/mol. The summed E-state index contributed by atoms with van der Waals surface area (Å²) in [5.74, 6) is -1.07. The summed E-state index contributed by atoms with van der Waals surface area (Å²) in [6, 6.07) is 14.7. The van der Waals surface area contributed by atoms with E-state index in [0.29, 0.717) is 43.2 Å². The van der Waals surface area contributed by atoms with Gasteiger partial charge in [-0.25, -0.2) is 9.97 Å². The van der Waals surface area contributed by atoms with Gasteiger partial charge in [0.25, 0.3) is 0 Å². The molecule has 0 saturated carbocycles. The second-order valence-electron chi connectivity index (χ2n) is 8.10. The summed E-state index contributed by atoms with van der Waals surface area (Å²) in [5, 5.41) is 2.66. The fraction of sp³-hybridized carbons (Fsp3) is 0.250. The van der Waals surface area contributed by atoms with Crippen molar-refractivity contribution in [2.75, 3.05) is 43.1 Å². The van der Waals surface area contributed by atoms with Crippen molar-refractivity contribution < 1.29 is 22.7 Å². The first-order chi connectivity index (χ1) is 17.3. The van der Waals surface area contributed by atoms with E-state index in [9.17, 15) is 18.0 Å². The molecule has 0 bridgehead atoms. The number of nitrogens with zero attached hydrogens (tertiary/aromatic N) is 5. The smallest absolute Gasteiger partial charge is 0.378 e. The lowest BCUT2D eigenvalue weighted by Gasteiger charge is -2.27. The van der Waals surface area contributed by atoms with E-state index in [2.05, 4.69) is 20.3 Å². The van der Waals surface area contributed by atoms with Gasteiger partial charge in [0.05, 0.1) is 36.5 Å². The average molecular weight is 497 g/mol. The second kappa shape index (κ2) is 9.55. The van der Waals surface area contributed by atoms with Gasteiger partial charge in [0.2, 0.25) is 17.7 Å². The number of benzene rings is 2. The number of para-hydroxylation sites is 2. The normalized spacial score (nSPS) is 14.3. The van der Waals surface area contributed by atoms with Crippen LogP contribution in [0, 0.1) is 0 Å². The monoisotopic (exact) mass is 497 g/mol. The molecule has 0 unspecified atom stereocenters. The van der Waals surface area contributed by atoms with Crippen molar-refractivity contribution >= 4 is 28.6 Å². The van der Waals surface area contributed by atoms with Gasteiger partial charge < -0.3 is 20.7 Å². The zero-order chi connectivity index (χ0) is 25.3. The van der Waals surface area contributed by atoms with Crippen LogP contribution in [0.3, 0.4) is 0 Å². The number of amides is 1. The fourth-order valence-corrected chi connectivity index (χ4v) is 3.97. The van der Waals surface area contributed by atoms with Crippen LogP contribution in [0.1, 0.15) is 5.82 Å². The summed E-state index contributed by atoms with van der Waals surface area (Å²) in [5.41, 5.74) is 7.43. The molecule has 1 amide bonds. The predicted octanol–water partition coefficient (Wildman–Crippen LogP) is 3.24. The topological polar surface area (TPSA) is 111 Å². The number of aromatic nitrogens is 4. The van der Waals surface area contributed by atoms with Crippen LogP contribution in [0.15, 0.2) is 54.6 Å². The van der Waals surface area contributed by atoms with Crippen LogP contribution in [0.25, 0.3) is 28.1 Å². The van der Waals surface area contributed by atoms with Crippen LogP contribution in [0.2, 0.25) is 0 Å². The number of nitrogens with two attached hydrogens (primary N) is 1. The third kappa shape index (κ3) is 4.72. The first-order valence-electron chi connectivity index (χ1n) is 11.2. The molecule has 2 aromatic carbocycles. The summed E-state index contributed by atoms with van der Waals surface area (Å²) in [6.07, 6.45) is -4.70. The number of imidazole rings is 1. The molecule has 9 nitrogen and oxygen atoms in total. The SMILES string of the molecule is NCC(=O)Nc1ccc(-c2cc(-n3c(C(F)(F)F)nc4ccccc43)nc(N3CCOCC3)n2)cc1. The molecule has 0 aliphatic carbocycles. The van der Waals surface area contributed by atoms with E-state index in [4.69, 9.17) is 10.5 Å². The van der Waals surface area contributed by atoms with E-state index in [1.54, 1.807) is 42.5 Å². The Morgan fingerprint density at radius 1 is 1.03 bits per heavy atom. The van der Waals surface area contributed by atoms with Crippen molar-refractivity contribution in [1.29, 1.82) is 0 Å². The molecule has 4 aromatic rings. The molecule has 1 saturated heterocycles. The van der Waals surface area contributed by atoms with Crippen LogP contribution in [0.5, 0.6) is 0 Å².